The second kappa shape index (κ2) is 4.41. The summed E-state index contributed by atoms with van der Waals surface area (Å²) in [5.41, 5.74) is 0.794. The maximum absolute atomic E-state index is 11.2. The molecule has 0 spiro atoms. The van der Waals surface area contributed by atoms with Gasteiger partial charge in [-0.2, -0.15) is 0 Å². The Kier molecular flexibility index (Phi) is 3.46. The van der Waals surface area contributed by atoms with E-state index in [-0.39, 0.29) is 5.03 Å². The monoisotopic (exact) mass is 214 g/mol. The first kappa shape index (κ1) is 11.0. The molecule has 0 aromatic carbocycles. The molecule has 0 aliphatic heterocycles. The quantitative estimate of drug-likeness (QED) is 0.821. The molecule has 0 bridgehead atoms. The summed E-state index contributed by atoms with van der Waals surface area (Å²) in [6, 6.07) is 3.30. The average Bonchev–Trinajstić information content (AvgIpc) is 2.14. The van der Waals surface area contributed by atoms with Crippen LogP contribution >= 0.6 is 0 Å². The number of anilines is 1. The molecule has 1 aromatic heterocycles. The van der Waals surface area contributed by atoms with E-state index in [2.05, 4.69) is 10.3 Å². The molecule has 0 aliphatic carbocycles. The molecule has 1 N–H and O–H groups in total. The minimum Gasteiger partial charge on any atom is -0.385 e. The summed E-state index contributed by atoms with van der Waals surface area (Å²) in [6.45, 7) is 2.87. The van der Waals surface area contributed by atoms with E-state index in [1.807, 2.05) is 6.92 Å². The molecule has 0 unspecified atom stereocenters. The number of aromatic nitrogens is 1. The molecular formula is C9H14N2O2S. The van der Waals surface area contributed by atoms with E-state index >= 15 is 0 Å². The molecule has 0 atom stereocenters. The third-order valence-electron chi connectivity index (χ3n) is 1.69. The van der Waals surface area contributed by atoms with E-state index in [0.29, 0.717) is 0 Å². The summed E-state index contributed by atoms with van der Waals surface area (Å²) in [4.78, 5) is 3.79. The maximum atomic E-state index is 11.2. The van der Waals surface area contributed by atoms with Crippen LogP contribution in [0.5, 0.6) is 0 Å². The second-order valence-corrected chi connectivity index (χ2v) is 5.04. The van der Waals surface area contributed by atoms with E-state index in [4.69, 9.17) is 0 Å². The summed E-state index contributed by atoms with van der Waals surface area (Å²) >= 11 is 0. The van der Waals surface area contributed by atoms with Crippen molar-refractivity contribution in [2.75, 3.05) is 18.1 Å². The Labute approximate surface area is 84.3 Å². The highest BCUT2D eigenvalue weighted by atomic mass is 32.2. The summed E-state index contributed by atoms with van der Waals surface area (Å²) in [7, 11) is -3.20. The molecule has 0 saturated heterocycles. The van der Waals surface area contributed by atoms with Crippen LogP contribution < -0.4 is 5.32 Å². The van der Waals surface area contributed by atoms with Crippen LogP contribution in [0.1, 0.15) is 13.3 Å². The van der Waals surface area contributed by atoms with Gasteiger partial charge in [0.2, 0.25) is 0 Å². The maximum Gasteiger partial charge on any atom is 0.192 e. The van der Waals surface area contributed by atoms with Gasteiger partial charge < -0.3 is 5.32 Å². The third kappa shape index (κ3) is 2.99. The predicted molar refractivity (Wildman–Crippen MR) is 56.1 cm³/mol. The van der Waals surface area contributed by atoms with Gasteiger partial charge in [-0.25, -0.2) is 13.4 Å². The molecule has 1 aromatic rings. The van der Waals surface area contributed by atoms with Gasteiger partial charge in [0.1, 0.15) is 0 Å². The van der Waals surface area contributed by atoms with Crippen molar-refractivity contribution in [1.82, 2.24) is 4.98 Å². The molecule has 0 fully saturated rings. The van der Waals surface area contributed by atoms with Gasteiger partial charge >= 0.3 is 0 Å². The number of rotatable bonds is 4. The van der Waals surface area contributed by atoms with Crippen molar-refractivity contribution in [3.63, 3.8) is 0 Å². The summed E-state index contributed by atoms with van der Waals surface area (Å²) in [5.74, 6) is 0. The lowest BCUT2D eigenvalue weighted by Crippen LogP contribution is -2.04. The van der Waals surface area contributed by atoms with Crippen LogP contribution in [0, 0.1) is 0 Å². The van der Waals surface area contributed by atoms with Crippen LogP contribution in [0.15, 0.2) is 23.4 Å². The van der Waals surface area contributed by atoms with Gasteiger partial charge in [0, 0.05) is 24.7 Å². The van der Waals surface area contributed by atoms with Crippen molar-refractivity contribution in [3.8, 4) is 0 Å². The van der Waals surface area contributed by atoms with Crippen molar-refractivity contribution < 1.29 is 8.42 Å². The normalized spacial score (nSPS) is 11.3. The predicted octanol–water partition coefficient (Wildman–Crippen LogP) is 1.31. The van der Waals surface area contributed by atoms with Crippen LogP contribution in [0.2, 0.25) is 0 Å². The fourth-order valence-electron chi connectivity index (χ4n) is 0.992. The molecule has 0 saturated carbocycles. The Morgan fingerprint density at radius 3 is 2.79 bits per heavy atom. The number of sulfone groups is 1. The largest absolute Gasteiger partial charge is 0.385 e. The van der Waals surface area contributed by atoms with Crippen LogP contribution in [0.25, 0.3) is 0 Å². The smallest absolute Gasteiger partial charge is 0.192 e. The molecule has 1 heterocycles. The standard InChI is InChI=1S/C9H14N2O2S/c1-3-5-10-8-4-6-11-9(7-8)14(2,12)13/h4,6-7H,3,5H2,1-2H3,(H,10,11). The fraction of sp³-hybridized carbons (Fsp3) is 0.444. The molecular weight excluding hydrogens is 200 g/mol. The molecule has 5 heteroatoms. The average molecular weight is 214 g/mol. The highest BCUT2D eigenvalue weighted by Gasteiger charge is 2.08. The first-order valence-electron chi connectivity index (χ1n) is 4.44. The van der Waals surface area contributed by atoms with Crippen LogP contribution in [0.3, 0.4) is 0 Å². The van der Waals surface area contributed by atoms with Gasteiger partial charge in [-0.3, -0.25) is 0 Å². The number of nitrogens with zero attached hydrogens (tertiary/aromatic N) is 1. The summed E-state index contributed by atoms with van der Waals surface area (Å²) in [5, 5.41) is 3.21. The van der Waals surface area contributed by atoms with Crippen molar-refractivity contribution in [1.29, 1.82) is 0 Å². The van der Waals surface area contributed by atoms with Crippen molar-refractivity contribution in [3.05, 3.63) is 18.3 Å². The van der Waals surface area contributed by atoms with Crippen molar-refractivity contribution >= 4 is 15.5 Å². The topological polar surface area (TPSA) is 59.1 Å². The zero-order chi connectivity index (χ0) is 10.6. The van der Waals surface area contributed by atoms with E-state index in [1.165, 1.54) is 6.20 Å². The van der Waals surface area contributed by atoms with E-state index in [0.717, 1.165) is 24.9 Å². The van der Waals surface area contributed by atoms with Gasteiger partial charge in [0.05, 0.1) is 0 Å². The Hall–Kier alpha value is -1.10. The van der Waals surface area contributed by atoms with Crippen LogP contribution in [0.4, 0.5) is 5.69 Å². The lowest BCUT2D eigenvalue weighted by Gasteiger charge is -2.05. The lowest BCUT2D eigenvalue weighted by molar-refractivity contribution is 0.598. The Bertz CT molecular complexity index is 401. The van der Waals surface area contributed by atoms with E-state index in [1.54, 1.807) is 12.1 Å². The number of pyridine rings is 1. The Balaban J connectivity index is 2.90. The SMILES string of the molecule is CCCNc1ccnc(S(C)(=O)=O)c1. The van der Waals surface area contributed by atoms with Gasteiger partial charge in [0.15, 0.2) is 14.9 Å². The zero-order valence-corrected chi connectivity index (χ0v) is 9.13. The van der Waals surface area contributed by atoms with Gasteiger partial charge in [-0.15, -0.1) is 0 Å². The van der Waals surface area contributed by atoms with Gasteiger partial charge in [-0.05, 0) is 18.6 Å². The Morgan fingerprint density at radius 2 is 2.21 bits per heavy atom. The van der Waals surface area contributed by atoms with Crippen LogP contribution in [-0.4, -0.2) is 26.2 Å². The zero-order valence-electron chi connectivity index (χ0n) is 8.32. The summed E-state index contributed by atoms with van der Waals surface area (Å²) in [6.07, 6.45) is 3.64. The molecule has 0 amide bonds. The fourth-order valence-corrected chi connectivity index (χ4v) is 1.58. The summed E-state index contributed by atoms with van der Waals surface area (Å²) < 4.78 is 22.3. The second-order valence-electron chi connectivity index (χ2n) is 3.08. The minimum atomic E-state index is -3.20. The highest BCUT2D eigenvalue weighted by Crippen LogP contribution is 2.11. The molecule has 14 heavy (non-hydrogen) atoms. The minimum absolute atomic E-state index is 0.110. The third-order valence-corrected chi connectivity index (χ3v) is 2.68. The van der Waals surface area contributed by atoms with E-state index < -0.39 is 9.84 Å². The highest BCUT2D eigenvalue weighted by molar-refractivity contribution is 7.90. The van der Waals surface area contributed by atoms with Crippen LogP contribution in [-0.2, 0) is 9.84 Å². The molecule has 78 valence electrons. The van der Waals surface area contributed by atoms with Crippen molar-refractivity contribution in [2.24, 2.45) is 0 Å². The van der Waals surface area contributed by atoms with Gasteiger partial charge in [0.25, 0.3) is 0 Å². The number of hydrogen-bond acceptors (Lipinski definition) is 4. The lowest BCUT2D eigenvalue weighted by atomic mass is 10.4. The first-order valence-corrected chi connectivity index (χ1v) is 6.33. The Morgan fingerprint density at radius 1 is 1.50 bits per heavy atom. The number of hydrogen-bond donors (Lipinski definition) is 1. The number of nitrogens with one attached hydrogen (secondary N) is 1. The molecule has 0 aliphatic rings. The first-order chi connectivity index (χ1) is 6.54. The van der Waals surface area contributed by atoms with Gasteiger partial charge in [-0.1, -0.05) is 6.92 Å². The molecule has 0 radical (unpaired) electrons. The molecule has 1 rings (SSSR count). The molecule has 4 nitrogen and oxygen atoms in total. The van der Waals surface area contributed by atoms with Crippen molar-refractivity contribution in [2.45, 2.75) is 18.4 Å². The van der Waals surface area contributed by atoms with E-state index in [9.17, 15) is 8.42 Å².